The Morgan fingerprint density at radius 1 is 1.20 bits per heavy atom. The molecular formula is C16H17ClN2O. The number of rotatable bonds is 4. The normalized spacial score (nSPS) is 10.3. The van der Waals surface area contributed by atoms with Crippen molar-refractivity contribution >= 4 is 23.2 Å². The van der Waals surface area contributed by atoms with Gasteiger partial charge in [0.2, 0.25) is 5.91 Å². The maximum absolute atomic E-state index is 12.1. The number of nitrogens with two attached hydrogens (primary N) is 1. The fourth-order valence-electron chi connectivity index (χ4n) is 1.98. The lowest BCUT2D eigenvalue weighted by Gasteiger charge is -2.09. The number of hydrogen-bond acceptors (Lipinski definition) is 2. The van der Waals surface area contributed by atoms with Gasteiger partial charge in [-0.1, -0.05) is 41.9 Å². The zero-order valence-corrected chi connectivity index (χ0v) is 12.1. The minimum absolute atomic E-state index is 0.0779. The third-order valence-electron chi connectivity index (χ3n) is 3.14. The first-order valence-electron chi connectivity index (χ1n) is 6.43. The average Bonchev–Trinajstić information content (AvgIpc) is 2.43. The molecule has 0 radical (unpaired) electrons. The van der Waals surface area contributed by atoms with Gasteiger partial charge in [-0.3, -0.25) is 4.79 Å². The first kappa shape index (κ1) is 14.6. The Hall–Kier alpha value is -1.84. The summed E-state index contributed by atoms with van der Waals surface area (Å²) in [6.45, 7) is 2.35. The highest BCUT2D eigenvalue weighted by molar-refractivity contribution is 6.31. The van der Waals surface area contributed by atoms with E-state index in [2.05, 4.69) is 5.32 Å². The van der Waals surface area contributed by atoms with Crippen LogP contribution in [0.4, 0.5) is 5.69 Å². The lowest BCUT2D eigenvalue weighted by atomic mass is 10.0. The highest BCUT2D eigenvalue weighted by Crippen LogP contribution is 2.20. The van der Waals surface area contributed by atoms with Crippen molar-refractivity contribution in [1.82, 2.24) is 0 Å². The Labute approximate surface area is 123 Å². The van der Waals surface area contributed by atoms with Gasteiger partial charge in [-0.25, -0.2) is 0 Å². The highest BCUT2D eigenvalue weighted by Gasteiger charge is 2.08. The number of anilines is 1. The Kier molecular flexibility index (Phi) is 4.77. The number of benzene rings is 2. The largest absolute Gasteiger partial charge is 0.326 e. The van der Waals surface area contributed by atoms with E-state index in [0.29, 0.717) is 23.7 Å². The Bertz CT molecular complexity index is 626. The van der Waals surface area contributed by atoms with E-state index < -0.39 is 0 Å². The number of carbonyl (C=O) groups is 1. The lowest BCUT2D eigenvalue weighted by Crippen LogP contribution is -2.16. The summed E-state index contributed by atoms with van der Waals surface area (Å²) in [5, 5.41) is 3.49. The Morgan fingerprint density at radius 3 is 2.55 bits per heavy atom. The van der Waals surface area contributed by atoms with E-state index in [0.717, 1.165) is 16.7 Å². The minimum Gasteiger partial charge on any atom is -0.326 e. The van der Waals surface area contributed by atoms with Crippen molar-refractivity contribution in [3.8, 4) is 0 Å². The van der Waals surface area contributed by atoms with Gasteiger partial charge in [-0.05, 0) is 35.7 Å². The molecule has 20 heavy (non-hydrogen) atoms. The van der Waals surface area contributed by atoms with Crippen LogP contribution >= 0.6 is 11.6 Å². The van der Waals surface area contributed by atoms with E-state index in [-0.39, 0.29) is 5.91 Å². The quantitative estimate of drug-likeness (QED) is 0.907. The molecule has 1 amide bonds. The zero-order valence-electron chi connectivity index (χ0n) is 11.3. The maximum atomic E-state index is 12.1. The van der Waals surface area contributed by atoms with Crippen LogP contribution in [0.5, 0.6) is 0 Å². The van der Waals surface area contributed by atoms with Crippen LogP contribution in [0, 0.1) is 6.92 Å². The second-order valence-electron chi connectivity index (χ2n) is 4.66. The van der Waals surface area contributed by atoms with Crippen LogP contribution in [0.15, 0.2) is 42.5 Å². The Morgan fingerprint density at radius 2 is 1.90 bits per heavy atom. The van der Waals surface area contributed by atoms with Crippen molar-refractivity contribution < 1.29 is 4.79 Å². The summed E-state index contributed by atoms with van der Waals surface area (Å²) in [5.74, 6) is -0.0779. The first-order valence-corrected chi connectivity index (χ1v) is 6.81. The topological polar surface area (TPSA) is 55.1 Å². The summed E-state index contributed by atoms with van der Waals surface area (Å²) < 4.78 is 0. The second-order valence-corrected chi connectivity index (χ2v) is 5.07. The van der Waals surface area contributed by atoms with Crippen molar-refractivity contribution in [1.29, 1.82) is 0 Å². The van der Waals surface area contributed by atoms with Gasteiger partial charge in [0.25, 0.3) is 0 Å². The summed E-state index contributed by atoms with van der Waals surface area (Å²) in [5.41, 5.74) is 9.30. The van der Waals surface area contributed by atoms with Gasteiger partial charge in [0.15, 0.2) is 0 Å². The third-order valence-corrected chi connectivity index (χ3v) is 3.55. The molecule has 4 heteroatoms. The molecule has 0 aliphatic heterocycles. The van der Waals surface area contributed by atoms with Crippen LogP contribution in [0.25, 0.3) is 0 Å². The monoisotopic (exact) mass is 288 g/mol. The number of hydrogen-bond donors (Lipinski definition) is 2. The van der Waals surface area contributed by atoms with Crippen molar-refractivity contribution in [3.63, 3.8) is 0 Å². The van der Waals surface area contributed by atoms with Gasteiger partial charge in [0, 0.05) is 17.3 Å². The molecule has 3 nitrogen and oxygen atoms in total. The lowest BCUT2D eigenvalue weighted by molar-refractivity contribution is -0.115. The summed E-state index contributed by atoms with van der Waals surface area (Å²) in [4.78, 5) is 12.1. The smallest absolute Gasteiger partial charge is 0.228 e. The highest BCUT2D eigenvalue weighted by atomic mass is 35.5. The molecule has 3 N–H and O–H groups in total. The molecule has 0 heterocycles. The van der Waals surface area contributed by atoms with Crippen LogP contribution in [0.2, 0.25) is 5.02 Å². The van der Waals surface area contributed by atoms with Crippen molar-refractivity contribution in [2.24, 2.45) is 5.73 Å². The standard InChI is InChI=1S/C16H17ClN2O/c1-11-6-7-14(9-15(11)17)19-16(20)8-12-4-2-3-5-13(12)10-18/h2-7,9H,8,10,18H2,1H3,(H,19,20). The van der Waals surface area contributed by atoms with Gasteiger partial charge in [-0.2, -0.15) is 0 Å². The fraction of sp³-hybridized carbons (Fsp3) is 0.188. The summed E-state index contributed by atoms with van der Waals surface area (Å²) >= 11 is 6.04. The molecule has 2 aromatic rings. The van der Waals surface area contributed by atoms with E-state index in [1.165, 1.54) is 0 Å². The molecular weight excluding hydrogens is 272 g/mol. The van der Waals surface area contributed by atoms with Crippen LogP contribution in [0.3, 0.4) is 0 Å². The van der Waals surface area contributed by atoms with Gasteiger partial charge in [-0.15, -0.1) is 0 Å². The second kappa shape index (κ2) is 6.55. The SMILES string of the molecule is Cc1ccc(NC(=O)Cc2ccccc2CN)cc1Cl. The van der Waals surface area contributed by atoms with Gasteiger partial charge < -0.3 is 11.1 Å². The van der Waals surface area contributed by atoms with Crippen LogP contribution in [0.1, 0.15) is 16.7 Å². The summed E-state index contributed by atoms with van der Waals surface area (Å²) in [7, 11) is 0. The molecule has 0 aromatic heterocycles. The van der Waals surface area contributed by atoms with Crippen molar-refractivity contribution in [2.45, 2.75) is 19.9 Å². The average molecular weight is 289 g/mol. The Balaban J connectivity index is 2.07. The predicted molar refractivity (Wildman–Crippen MR) is 82.9 cm³/mol. The fourth-order valence-corrected chi connectivity index (χ4v) is 2.16. The number of aryl methyl sites for hydroxylation is 1. The first-order chi connectivity index (χ1) is 9.60. The number of carbonyl (C=O) groups excluding carboxylic acids is 1. The molecule has 0 saturated carbocycles. The molecule has 2 rings (SSSR count). The van der Waals surface area contributed by atoms with E-state index >= 15 is 0 Å². The maximum Gasteiger partial charge on any atom is 0.228 e. The zero-order chi connectivity index (χ0) is 14.5. The van der Waals surface area contributed by atoms with Gasteiger partial charge in [0.1, 0.15) is 0 Å². The van der Waals surface area contributed by atoms with Gasteiger partial charge >= 0.3 is 0 Å². The summed E-state index contributed by atoms with van der Waals surface area (Å²) in [6.07, 6.45) is 0.304. The molecule has 104 valence electrons. The van der Waals surface area contributed by atoms with Gasteiger partial charge in [0.05, 0.1) is 6.42 Å². The van der Waals surface area contributed by atoms with Crippen LogP contribution in [-0.2, 0) is 17.8 Å². The van der Waals surface area contributed by atoms with Crippen LogP contribution < -0.4 is 11.1 Å². The van der Waals surface area contributed by atoms with E-state index in [4.69, 9.17) is 17.3 Å². The molecule has 0 atom stereocenters. The molecule has 0 saturated heterocycles. The van der Waals surface area contributed by atoms with Crippen molar-refractivity contribution in [3.05, 3.63) is 64.2 Å². The van der Waals surface area contributed by atoms with Crippen molar-refractivity contribution in [2.75, 3.05) is 5.32 Å². The van der Waals surface area contributed by atoms with E-state index in [1.54, 1.807) is 6.07 Å². The third kappa shape index (κ3) is 3.59. The molecule has 2 aromatic carbocycles. The van der Waals surface area contributed by atoms with Crippen LogP contribution in [-0.4, -0.2) is 5.91 Å². The van der Waals surface area contributed by atoms with E-state index in [9.17, 15) is 4.79 Å². The molecule has 0 aliphatic carbocycles. The number of nitrogens with one attached hydrogen (secondary N) is 1. The molecule has 0 spiro atoms. The molecule has 0 bridgehead atoms. The molecule has 0 unspecified atom stereocenters. The minimum atomic E-state index is -0.0779. The predicted octanol–water partition coefficient (Wildman–Crippen LogP) is 3.29. The number of amides is 1. The molecule has 0 fully saturated rings. The summed E-state index contributed by atoms with van der Waals surface area (Å²) in [6, 6.07) is 13.2. The molecule has 0 aliphatic rings. The number of halogens is 1. The van der Waals surface area contributed by atoms with E-state index in [1.807, 2.05) is 43.3 Å².